The molecule has 11 rings (SSSR count). The predicted molar refractivity (Wildman–Crippen MR) is 314 cm³/mol. The van der Waals surface area contributed by atoms with Gasteiger partial charge in [-0.25, -0.2) is 0 Å². The monoisotopic (exact) mass is 1190 g/mol. The predicted octanol–water partition coefficient (Wildman–Crippen LogP) is 18.5. The Balaban J connectivity index is 1.22. The van der Waals surface area contributed by atoms with Gasteiger partial charge >= 0.3 is 384 Å². The zero-order chi connectivity index (χ0) is 62.9. The molecule has 0 bridgehead atoms. The zero-order valence-electron chi connectivity index (χ0n) is 56.6. The number of hydrogen-bond donors (Lipinski definition) is 0. The van der Waals surface area contributed by atoms with Gasteiger partial charge in [0.05, 0.1) is 0 Å². The van der Waals surface area contributed by atoms with Crippen LogP contribution in [0, 0.1) is 28.3 Å². The minimum atomic E-state index is -0.656. The SMILES string of the molecule is [2H]c1c([2H])c([2H])c(-c2cc(C(C)(C)C)cc(-c3c([2H])c([2H])c([2H])c([2H])c3[2H])c2-n2[c](=[Pt])n(-c3[c-]c(Oc4[c-]c5c(cc4)c4c6c(ccc4n5-c4cc(C)ccn4)C(C)(C)C(C)(C)C6(C)C)cc(C(C)(C)C)c3)c3cc(C(C)(C)C)ccc32)c([2H])c1[2H]. The summed E-state index contributed by atoms with van der Waals surface area (Å²) in [7, 11) is 0. The van der Waals surface area contributed by atoms with E-state index >= 15 is 0 Å². The summed E-state index contributed by atoms with van der Waals surface area (Å²) in [6, 6.07) is 28.9. The van der Waals surface area contributed by atoms with Crippen LogP contribution in [0.25, 0.3) is 72.3 Å². The van der Waals surface area contributed by atoms with Crippen LogP contribution < -0.4 is 4.74 Å². The van der Waals surface area contributed by atoms with Gasteiger partial charge in [0.15, 0.2) is 0 Å². The third-order valence-corrected chi connectivity index (χ3v) is 17.9. The third-order valence-electron chi connectivity index (χ3n) is 16.9. The second kappa shape index (κ2) is 17.8. The van der Waals surface area contributed by atoms with Gasteiger partial charge in [-0.3, -0.25) is 0 Å². The van der Waals surface area contributed by atoms with Crippen molar-refractivity contribution in [2.45, 2.75) is 138 Å². The van der Waals surface area contributed by atoms with E-state index < -0.39 is 71.3 Å². The van der Waals surface area contributed by atoms with Gasteiger partial charge in [-0.2, -0.15) is 0 Å². The molecular formula is C70H72N4OPt-2. The van der Waals surface area contributed by atoms with Gasteiger partial charge in [0.25, 0.3) is 0 Å². The quantitative estimate of drug-likeness (QED) is 0.149. The first-order valence-corrected chi connectivity index (χ1v) is 27.3. The van der Waals surface area contributed by atoms with Crippen LogP contribution in [0.5, 0.6) is 11.5 Å². The maximum absolute atomic E-state index is 9.50. The van der Waals surface area contributed by atoms with E-state index in [0.717, 1.165) is 38.9 Å². The van der Waals surface area contributed by atoms with Crippen LogP contribution in [0.2, 0.25) is 0 Å². The topological polar surface area (TPSA) is 36.9 Å². The van der Waals surface area contributed by atoms with Crippen molar-refractivity contribution in [2.24, 2.45) is 5.41 Å². The van der Waals surface area contributed by atoms with E-state index in [9.17, 15) is 5.48 Å². The molecule has 1 aliphatic carbocycles. The summed E-state index contributed by atoms with van der Waals surface area (Å²) in [5.74, 6) is 1.64. The van der Waals surface area contributed by atoms with Crippen molar-refractivity contribution in [3.05, 3.63) is 195 Å². The average Bonchev–Trinajstić information content (AvgIpc) is 1.51. The Morgan fingerprint density at radius 3 is 1.75 bits per heavy atom. The molecule has 0 unspecified atom stereocenters. The van der Waals surface area contributed by atoms with Gasteiger partial charge in [0.1, 0.15) is 0 Å². The van der Waals surface area contributed by atoms with E-state index in [4.69, 9.17) is 17.9 Å². The van der Waals surface area contributed by atoms with Crippen molar-refractivity contribution in [1.82, 2.24) is 18.7 Å². The number of pyridine rings is 1. The summed E-state index contributed by atoms with van der Waals surface area (Å²) in [6.07, 6.45) is 1.84. The van der Waals surface area contributed by atoms with Gasteiger partial charge in [-0.05, 0) is 40.4 Å². The molecule has 76 heavy (non-hydrogen) atoms. The fourth-order valence-corrected chi connectivity index (χ4v) is 12.4. The molecule has 0 atom stereocenters. The van der Waals surface area contributed by atoms with Gasteiger partial charge in [-0.1, -0.05) is 47.6 Å². The first-order chi connectivity index (χ1) is 39.8. The summed E-state index contributed by atoms with van der Waals surface area (Å²) in [4.78, 5) is 4.95. The fourth-order valence-electron chi connectivity index (χ4n) is 11.3. The standard InChI is InChI=1S/C70H72N4O.Pt/c1-44-33-34-71-61(35-44)74-58-32-30-56-63(69(13,14)70(15,16)68(56,11)12)62(58)53-29-28-51(42-59(53)74)75-52-37-48(66(5,6)7)36-50(41-52)72-43-73(57-31-27-47(40-60(57)72)65(2,3)4)64-54(45-23-19-17-20-24-45)38-49(67(8,9)10)39-55(64)46-25-21-18-22-26-46;/h17-40H,1-16H3;/q-2;/i17D,18D,19D,20D,21D,22D,23D,24D,25D,26D;. The van der Waals surface area contributed by atoms with Crippen LogP contribution in [0.4, 0.5) is 0 Å². The van der Waals surface area contributed by atoms with Crippen molar-refractivity contribution >= 4 is 32.8 Å². The number of fused-ring (bicyclic) bond motifs is 6. The second-order valence-electron chi connectivity index (χ2n) is 25.4. The van der Waals surface area contributed by atoms with Crippen LogP contribution >= 0.6 is 0 Å². The molecule has 6 heteroatoms. The van der Waals surface area contributed by atoms with Crippen LogP contribution in [0.3, 0.4) is 0 Å². The number of aromatic nitrogens is 4. The number of rotatable bonds is 7. The molecule has 3 aromatic heterocycles. The van der Waals surface area contributed by atoms with E-state index in [1.54, 1.807) is 0 Å². The van der Waals surface area contributed by atoms with E-state index in [0.29, 0.717) is 37.6 Å². The molecule has 0 fully saturated rings. The number of aryl methyl sites for hydroxylation is 1. The molecule has 0 radical (unpaired) electrons. The molecule has 0 N–H and O–H groups in total. The van der Waals surface area contributed by atoms with Crippen LogP contribution in [-0.2, 0) is 46.4 Å². The van der Waals surface area contributed by atoms with E-state index in [-0.39, 0.29) is 49.6 Å². The number of hydrogen-bond acceptors (Lipinski definition) is 2. The van der Waals surface area contributed by atoms with Gasteiger partial charge < -0.3 is 0 Å². The van der Waals surface area contributed by atoms with Gasteiger partial charge in [-0.15, -0.1) is 0 Å². The molecule has 0 saturated carbocycles. The number of nitrogens with zero attached hydrogens (tertiary/aromatic N) is 4. The molecule has 0 spiro atoms. The van der Waals surface area contributed by atoms with Gasteiger partial charge in [0, 0.05) is 6.20 Å². The molecule has 1 aliphatic rings. The number of imidazole rings is 1. The molecule has 390 valence electrons. The Hall–Kier alpha value is -6.55. The molecule has 7 aromatic carbocycles. The molecule has 5 nitrogen and oxygen atoms in total. The number of ether oxygens (including phenoxy) is 1. The van der Waals surface area contributed by atoms with E-state index in [1.807, 2.05) is 74.0 Å². The summed E-state index contributed by atoms with van der Waals surface area (Å²) in [5.41, 5.74) is 8.66. The third kappa shape index (κ3) is 8.21. The van der Waals surface area contributed by atoms with Crippen molar-refractivity contribution < 1.29 is 37.8 Å². The van der Waals surface area contributed by atoms with Crippen molar-refractivity contribution in [2.75, 3.05) is 0 Å². The summed E-state index contributed by atoms with van der Waals surface area (Å²) in [6.45, 7) is 35.0. The van der Waals surface area contributed by atoms with Gasteiger partial charge in [0.2, 0.25) is 0 Å². The summed E-state index contributed by atoms with van der Waals surface area (Å²) >= 11 is 2.25. The van der Waals surface area contributed by atoms with Crippen molar-refractivity contribution in [3.8, 4) is 50.9 Å². The fraction of sp³-hybridized carbons (Fsp3) is 0.314. The molecule has 10 aromatic rings. The van der Waals surface area contributed by atoms with Crippen LogP contribution in [-0.4, -0.2) is 18.7 Å². The van der Waals surface area contributed by atoms with Crippen LogP contribution in [0.15, 0.2) is 145 Å². The Labute approximate surface area is 476 Å². The molecule has 3 heterocycles. The molecule has 0 saturated heterocycles. The normalized spacial score (nSPS) is 17.1. The Bertz CT molecular complexity index is 4490. The molecule has 0 amide bonds. The Kier molecular flexibility index (Phi) is 9.50. The molecule has 0 aliphatic heterocycles. The first-order valence-electron chi connectivity index (χ1n) is 31.1. The first kappa shape index (κ1) is 40.7. The van der Waals surface area contributed by atoms with Crippen molar-refractivity contribution in [3.63, 3.8) is 0 Å². The van der Waals surface area contributed by atoms with E-state index in [2.05, 4.69) is 167 Å². The number of benzene rings is 7. The molecular weight excluding hydrogens is 1110 g/mol. The maximum atomic E-state index is 9.50. The summed E-state index contributed by atoms with van der Waals surface area (Å²) < 4.78 is 105. The van der Waals surface area contributed by atoms with Crippen LogP contribution in [0.1, 0.15) is 151 Å². The second-order valence-corrected chi connectivity index (χ2v) is 26.4. The zero-order valence-corrected chi connectivity index (χ0v) is 48.9. The Morgan fingerprint density at radius 2 is 1.16 bits per heavy atom. The average molecular weight is 1190 g/mol. The Morgan fingerprint density at radius 1 is 0.566 bits per heavy atom. The van der Waals surface area contributed by atoms with E-state index in [1.165, 1.54) is 16.5 Å². The minimum absolute atomic E-state index is 0.0857. The van der Waals surface area contributed by atoms with Crippen molar-refractivity contribution in [1.29, 1.82) is 0 Å². The summed E-state index contributed by atoms with van der Waals surface area (Å²) in [5, 5.41) is 2.21.